The zero-order valence-corrected chi connectivity index (χ0v) is 17.4. The molecule has 0 radical (unpaired) electrons. The summed E-state index contributed by atoms with van der Waals surface area (Å²) in [6.07, 6.45) is 0.710. The van der Waals surface area contributed by atoms with E-state index in [1.165, 1.54) is 22.5 Å². The third kappa shape index (κ3) is 3.29. The van der Waals surface area contributed by atoms with Crippen molar-refractivity contribution in [3.05, 3.63) is 46.7 Å². The van der Waals surface area contributed by atoms with E-state index in [9.17, 15) is 18.3 Å². The molecule has 0 bridgehead atoms. The molecule has 11 heteroatoms. The highest BCUT2D eigenvalue weighted by molar-refractivity contribution is 7.90. The van der Waals surface area contributed by atoms with Crippen molar-refractivity contribution in [2.45, 2.75) is 37.8 Å². The van der Waals surface area contributed by atoms with Crippen LogP contribution in [0.5, 0.6) is 0 Å². The Morgan fingerprint density at radius 2 is 2.10 bits per heavy atom. The van der Waals surface area contributed by atoms with Crippen molar-refractivity contribution in [2.75, 3.05) is 5.32 Å². The lowest BCUT2D eigenvalue weighted by Gasteiger charge is -2.28. The summed E-state index contributed by atoms with van der Waals surface area (Å²) >= 11 is 1.17. The number of amidine groups is 1. The number of rotatable bonds is 5. The fraction of sp³-hybridized carbons (Fsp3) is 0.333. The van der Waals surface area contributed by atoms with Gasteiger partial charge in [-0.2, -0.15) is 8.42 Å². The normalized spacial score (nSPS) is 21.6. The predicted molar refractivity (Wildman–Crippen MR) is 108 cm³/mol. The molecular weight excluding hydrogens is 414 g/mol. The number of aromatic nitrogens is 2. The number of aliphatic hydroxyl groups is 1. The van der Waals surface area contributed by atoms with Gasteiger partial charge in [0.05, 0.1) is 24.0 Å². The van der Waals surface area contributed by atoms with Crippen molar-refractivity contribution in [3.8, 4) is 0 Å². The average molecular weight is 434 g/mol. The van der Waals surface area contributed by atoms with Crippen molar-refractivity contribution >= 4 is 39.0 Å². The highest BCUT2D eigenvalue weighted by Gasteiger charge is 2.45. The van der Waals surface area contributed by atoms with Gasteiger partial charge in [0.15, 0.2) is 5.84 Å². The van der Waals surface area contributed by atoms with Crippen LogP contribution < -0.4 is 5.32 Å². The summed E-state index contributed by atoms with van der Waals surface area (Å²) in [5, 5.41) is 19.6. The van der Waals surface area contributed by atoms with Crippen LogP contribution in [0.15, 0.2) is 50.3 Å². The Kier molecular flexibility index (Phi) is 4.87. The smallest absolute Gasteiger partial charge is 0.286 e. The van der Waals surface area contributed by atoms with Gasteiger partial charge in [0.1, 0.15) is 16.2 Å². The third-order valence-electron chi connectivity index (χ3n) is 5.13. The van der Waals surface area contributed by atoms with Gasteiger partial charge in [-0.1, -0.05) is 36.9 Å². The Morgan fingerprint density at radius 3 is 2.79 bits per heavy atom. The van der Waals surface area contributed by atoms with Crippen molar-refractivity contribution in [1.29, 1.82) is 0 Å². The summed E-state index contributed by atoms with van der Waals surface area (Å²) in [4.78, 5) is 14.8. The molecule has 152 valence electrons. The number of aliphatic hydroxyl groups excluding tert-OH is 1. The second-order valence-electron chi connectivity index (χ2n) is 6.96. The molecule has 2 aromatic rings. The molecule has 1 amide bonds. The first kappa shape index (κ1) is 19.5. The van der Waals surface area contributed by atoms with E-state index >= 15 is 0 Å². The first-order valence-corrected chi connectivity index (χ1v) is 11.3. The Balaban J connectivity index is 1.77. The SMILES string of the molecule is CCC(C)[C@H]1C(O)=C(C2=NS(=O)(=O)c3ccccc3N2)C(=O)N1Cc1csnn1. The molecule has 3 heterocycles. The van der Waals surface area contributed by atoms with Gasteiger partial charge in [-0.15, -0.1) is 9.50 Å². The maximum Gasteiger partial charge on any atom is 0.286 e. The van der Waals surface area contributed by atoms with Gasteiger partial charge in [-0.05, 0) is 29.6 Å². The van der Waals surface area contributed by atoms with Crippen LogP contribution in [-0.4, -0.2) is 45.8 Å². The molecular formula is C18H19N5O4S2. The summed E-state index contributed by atoms with van der Waals surface area (Å²) in [5.74, 6) is -0.912. The number of nitrogens with one attached hydrogen (secondary N) is 1. The number of hydrogen-bond acceptors (Lipinski definition) is 8. The Morgan fingerprint density at radius 1 is 1.34 bits per heavy atom. The highest BCUT2D eigenvalue weighted by Crippen LogP contribution is 2.35. The minimum atomic E-state index is -4.00. The number of benzene rings is 1. The van der Waals surface area contributed by atoms with Crippen LogP contribution in [0.4, 0.5) is 5.69 Å². The summed E-state index contributed by atoms with van der Waals surface area (Å²) < 4.78 is 32.8. The molecule has 2 atom stereocenters. The molecule has 0 saturated heterocycles. The summed E-state index contributed by atoms with van der Waals surface area (Å²) in [7, 11) is -4.00. The second-order valence-corrected chi connectivity index (χ2v) is 9.14. The van der Waals surface area contributed by atoms with Gasteiger partial charge in [0.25, 0.3) is 15.9 Å². The molecule has 4 rings (SSSR count). The van der Waals surface area contributed by atoms with E-state index in [4.69, 9.17) is 0 Å². The molecule has 2 aliphatic rings. The number of carbonyl (C=O) groups is 1. The maximum absolute atomic E-state index is 13.2. The summed E-state index contributed by atoms with van der Waals surface area (Å²) in [5.41, 5.74) is 0.784. The molecule has 2 aliphatic heterocycles. The van der Waals surface area contributed by atoms with Crippen molar-refractivity contribution in [2.24, 2.45) is 10.3 Å². The Hall–Kier alpha value is -2.79. The molecule has 29 heavy (non-hydrogen) atoms. The van der Waals surface area contributed by atoms with E-state index in [2.05, 4.69) is 19.3 Å². The first-order valence-electron chi connectivity index (χ1n) is 9.05. The average Bonchev–Trinajstić information content (AvgIpc) is 3.28. The summed E-state index contributed by atoms with van der Waals surface area (Å²) in [6, 6.07) is 5.70. The van der Waals surface area contributed by atoms with Gasteiger partial charge >= 0.3 is 0 Å². The minimum Gasteiger partial charge on any atom is -0.509 e. The zero-order chi connectivity index (χ0) is 20.8. The highest BCUT2D eigenvalue weighted by atomic mass is 32.2. The second kappa shape index (κ2) is 7.23. The fourth-order valence-corrected chi connectivity index (χ4v) is 5.08. The van der Waals surface area contributed by atoms with Gasteiger partial charge in [-0.25, -0.2) is 0 Å². The molecule has 0 saturated carbocycles. The molecule has 9 nitrogen and oxygen atoms in total. The lowest BCUT2D eigenvalue weighted by atomic mass is 9.97. The molecule has 0 fully saturated rings. The van der Waals surface area contributed by atoms with Crippen LogP contribution in [0.2, 0.25) is 0 Å². The quantitative estimate of drug-likeness (QED) is 0.741. The Bertz CT molecular complexity index is 1120. The van der Waals surface area contributed by atoms with Crippen LogP contribution >= 0.6 is 11.5 Å². The van der Waals surface area contributed by atoms with Crippen LogP contribution in [-0.2, 0) is 21.4 Å². The van der Waals surface area contributed by atoms with E-state index in [0.717, 1.165) is 0 Å². The largest absolute Gasteiger partial charge is 0.509 e. The molecule has 0 aliphatic carbocycles. The predicted octanol–water partition coefficient (Wildman–Crippen LogP) is 2.32. The maximum atomic E-state index is 13.2. The van der Waals surface area contributed by atoms with Crippen molar-refractivity contribution in [1.82, 2.24) is 14.5 Å². The van der Waals surface area contributed by atoms with Crippen LogP contribution in [0.3, 0.4) is 0 Å². The molecule has 1 unspecified atom stereocenters. The minimum absolute atomic E-state index is 0.0261. The lowest BCUT2D eigenvalue weighted by Crippen LogP contribution is -2.40. The van der Waals surface area contributed by atoms with Crippen LogP contribution in [0.1, 0.15) is 26.0 Å². The number of sulfonamides is 1. The number of nitrogens with zero attached hydrogens (tertiary/aromatic N) is 4. The number of fused-ring (bicyclic) bond motifs is 1. The zero-order valence-electron chi connectivity index (χ0n) is 15.7. The number of hydrogen-bond donors (Lipinski definition) is 2. The van der Waals surface area contributed by atoms with Crippen LogP contribution in [0, 0.1) is 5.92 Å². The van der Waals surface area contributed by atoms with E-state index in [0.29, 0.717) is 17.8 Å². The Labute approximate surface area is 172 Å². The molecule has 1 aromatic carbocycles. The van der Waals surface area contributed by atoms with Gasteiger partial charge < -0.3 is 15.3 Å². The molecule has 0 spiro atoms. The third-order valence-corrected chi connectivity index (χ3v) is 7.02. The van der Waals surface area contributed by atoms with E-state index < -0.39 is 22.0 Å². The number of carbonyl (C=O) groups excluding carboxylic acids is 1. The standard InChI is InChI=1S/C18H19N5O4S2/c1-3-10(2)15-16(24)14(18(25)23(15)8-11-9-28-22-20-11)17-19-12-6-4-5-7-13(12)29(26,27)21-17/h4-7,9-10,15,24H,3,8H2,1-2H3,(H,19,21)/t10?,15-/m0/s1. The summed E-state index contributed by atoms with van der Waals surface area (Å²) in [6.45, 7) is 4.04. The van der Waals surface area contributed by atoms with Gasteiger partial charge in [0.2, 0.25) is 0 Å². The van der Waals surface area contributed by atoms with Crippen LogP contribution in [0.25, 0.3) is 0 Å². The monoisotopic (exact) mass is 433 g/mol. The molecule has 1 aromatic heterocycles. The van der Waals surface area contributed by atoms with E-state index in [1.54, 1.807) is 23.6 Å². The molecule has 2 N–H and O–H groups in total. The van der Waals surface area contributed by atoms with Gasteiger partial charge in [-0.3, -0.25) is 4.79 Å². The lowest BCUT2D eigenvalue weighted by molar-refractivity contribution is -0.128. The van der Waals surface area contributed by atoms with E-state index in [-0.39, 0.29) is 34.5 Å². The first-order chi connectivity index (χ1) is 13.8. The van der Waals surface area contributed by atoms with Crippen molar-refractivity contribution < 1.29 is 18.3 Å². The van der Waals surface area contributed by atoms with Crippen molar-refractivity contribution in [3.63, 3.8) is 0 Å². The number of anilines is 1. The number of amides is 1. The van der Waals surface area contributed by atoms with Gasteiger partial charge in [0, 0.05) is 5.38 Å². The van der Waals surface area contributed by atoms with E-state index in [1.807, 2.05) is 13.8 Å². The topological polar surface area (TPSA) is 125 Å². The fourth-order valence-electron chi connectivity index (χ4n) is 3.52. The number of para-hydroxylation sites is 1.